The van der Waals surface area contributed by atoms with Crippen LogP contribution in [0.25, 0.3) is 17.3 Å². The molecule has 0 aliphatic rings. The van der Waals surface area contributed by atoms with Gasteiger partial charge in [0.05, 0.1) is 10.9 Å². The molecule has 232 valence electrons. The van der Waals surface area contributed by atoms with Gasteiger partial charge in [-0.05, 0) is 62.4 Å². The van der Waals surface area contributed by atoms with E-state index in [4.69, 9.17) is 23.2 Å². The number of thioether (sulfide) groups is 1. The number of rotatable bonds is 10. The second-order valence-electron chi connectivity index (χ2n) is 10.1. The van der Waals surface area contributed by atoms with Crippen molar-refractivity contribution in [3.8, 4) is 11.3 Å². The highest BCUT2D eigenvalue weighted by atomic mass is 35.5. The summed E-state index contributed by atoms with van der Waals surface area (Å²) in [6.45, 7) is 3.83. The smallest absolute Gasteiger partial charge is 0.272 e. The lowest BCUT2D eigenvalue weighted by molar-refractivity contribution is -0.115. The number of carbonyl (C=O) groups excluding carboxylic acids is 3. The highest BCUT2D eigenvalue weighted by Gasteiger charge is 2.19. The Bertz CT molecular complexity index is 1890. The maximum atomic E-state index is 13.5. The third-order valence-corrected chi connectivity index (χ3v) is 9.18. The second kappa shape index (κ2) is 15.2. The van der Waals surface area contributed by atoms with E-state index < -0.39 is 17.1 Å². The average Bonchev–Trinajstić information content (AvgIpc) is 3.51. The Morgan fingerprint density at radius 2 is 1.57 bits per heavy atom. The summed E-state index contributed by atoms with van der Waals surface area (Å²) in [6.07, 6.45) is 1.44. The van der Waals surface area contributed by atoms with Crippen LogP contribution in [0.3, 0.4) is 0 Å². The molecule has 1 heterocycles. The maximum Gasteiger partial charge on any atom is 0.272 e. The van der Waals surface area contributed by atoms with Crippen LogP contribution in [0.5, 0.6) is 0 Å². The van der Waals surface area contributed by atoms with Gasteiger partial charge in [-0.15, -0.1) is 23.1 Å². The molecule has 4 aromatic carbocycles. The quantitative estimate of drug-likeness (QED) is 0.101. The fourth-order valence-corrected chi connectivity index (χ4v) is 6.39. The molecule has 46 heavy (non-hydrogen) atoms. The molecule has 0 radical (unpaired) electrons. The van der Waals surface area contributed by atoms with Crippen molar-refractivity contribution < 1.29 is 14.4 Å². The van der Waals surface area contributed by atoms with Crippen molar-refractivity contribution in [2.24, 2.45) is 0 Å². The van der Waals surface area contributed by atoms with Crippen molar-refractivity contribution in [1.29, 1.82) is 0 Å². The first-order valence-electron chi connectivity index (χ1n) is 14.1. The highest BCUT2D eigenvalue weighted by molar-refractivity contribution is 8.00. The van der Waals surface area contributed by atoms with Crippen molar-refractivity contribution in [2.45, 2.75) is 24.0 Å². The summed E-state index contributed by atoms with van der Waals surface area (Å²) in [6, 6.07) is 28.6. The Kier molecular flexibility index (Phi) is 10.9. The largest absolute Gasteiger partial charge is 0.321 e. The summed E-state index contributed by atoms with van der Waals surface area (Å²) < 4.78 is 0. The lowest BCUT2D eigenvalue weighted by atomic mass is 10.1. The van der Waals surface area contributed by atoms with E-state index in [0.717, 1.165) is 21.7 Å². The monoisotopic (exact) mass is 686 g/mol. The molecule has 1 aromatic heterocycles. The molecule has 0 spiro atoms. The molecule has 0 saturated carbocycles. The van der Waals surface area contributed by atoms with Crippen molar-refractivity contribution in [3.05, 3.63) is 135 Å². The zero-order valence-corrected chi connectivity index (χ0v) is 27.9. The number of nitrogens with one attached hydrogen (secondary N) is 3. The number of hydrogen-bond donors (Lipinski definition) is 3. The SMILES string of the molecule is Cc1ccc(-c2csc(NC(=O)C(C)Sc3cccc(NC(=O)/C(=C\c4c(Cl)cccc4Cl)NC(=O)c4ccccc4)c3)n2)cc1. The van der Waals surface area contributed by atoms with Crippen LogP contribution < -0.4 is 16.0 Å². The standard InChI is InChI=1S/C35H28Cl2N4O3S2/c1-21-14-16-23(17-15-21)31-20-45-35(40-31)41-32(42)22(2)46-26-11-6-10-25(18-26)38-34(44)30(19-27-28(36)12-7-13-29(27)37)39-33(43)24-8-4-3-5-9-24/h3-20,22H,1-2H3,(H,38,44)(H,39,43)(H,40,41,42)/b30-19+. The van der Waals surface area contributed by atoms with Crippen LogP contribution >= 0.6 is 46.3 Å². The number of aromatic nitrogens is 1. The van der Waals surface area contributed by atoms with Gasteiger partial charge < -0.3 is 16.0 Å². The third-order valence-electron chi connectivity index (χ3n) is 6.67. The zero-order valence-electron chi connectivity index (χ0n) is 24.7. The Balaban J connectivity index is 1.27. The van der Waals surface area contributed by atoms with Gasteiger partial charge in [-0.1, -0.05) is 83.4 Å². The Labute approximate surface area is 285 Å². The Morgan fingerprint density at radius 3 is 2.28 bits per heavy atom. The number of hydrogen-bond acceptors (Lipinski definition) is 6. The van der Waals surface area contributed by atoms with Gasteiger partial charge in [-0.25, -0.2) is 4.98 Å². The number of nitrogens with zero attached hydrogens (tertiary/aromatic N) is 1. The molecule has 0 bridgehead atoms. The predicted molar refractivity (Wildman–Crippen MR) is 190 cm³/mol. The van der Waals surface area contributed by atoms with Gasteiger partial charge in [0.25, 0.3) is 11.8 Å². The zero-order chi connectivity index (χ0) is 32.6. The molecule has 1 atom stereocenters. The van der Waals surface area contributed by atoms with Gasteiger partial charge in [-0.2, -0.15) is 0 Å². The van der Waals surface area contributed by atoms with Crippen molar-refractivity contribution in [2.75, 3.05) is 10.6 Å². The second-order valence-corrected chi connectivity index (χ2v) is 13.2. The topological polar surface area (TPSA) is 100 Å². The molecule has 11 heteroatoms. The lowest BCUT2D eigenvalue weighted by Gasteiger charge is -2.14. The van der Waals surface area contributed by atoms with Crippen LogP contribution in [0.4, 0.5) is 10.8 Å². The summed E-state index contributed by atoms with van der Waals surface area (Å²) in [4.78, 5) is 44.8. The summed E-state index contributed by atoms with van der Waals surface area (Å²) >= 11 is 15.4. The molecule has 7 nitrogen and oxygen atoms in total. The minimum Gasteiger partial charge on any atom is -0.321 e. The first-order valence-corrected chi connectivity index (χ1v) is 16.6. The first-order chi connectivity index (χ1) is 22.2. The molecule has 0 saturated heterocycles. The summed E-state index contributed by atoms with van der Waals surface area (Å²) in [5, 5.41) is 11.0. The van der Waals surface area contributed by atoms with E-state index in [1.807, 2.05) is 42.6 Å². The maximum absolute atomic E-state index is 13.5. The number of halogens is 2. The van der Waals surface area contributed by atoms with Crippen LogP contribution in [-0.4, -0.2) is 28.0 Å². The molecule has 5 rings (SSSR count). The van der Waals surface area contributed by atoms with E-state index in [-0.39, 0.29) is 11.6 Å². The van der Waals surface area contributed by atoms with E-state index in [2.05, 4.69) is 20.9 Å². The molecule has 3 amide bonds. The molecule has 1 unspecified atom stereocenters. The minimum atomic E-state index is -0.582. The molecular formula is C35H28Cl2N4O3S2. The number of thiazole rings is 1. The fourth-order valence-electron chi connectivity index (χ4n) is 4.23. The van der Waals surface area contributed by atoms with Gasteiger partial charge >= 0.3 is 0 Å². The Hall–Kier alpha value is -4.41. The number of benzene rings is 4. The lowest BCUT2D eigenvalue weighted by Crippen LogP contribution is -2.30. The fraction of sp³-hybridized carbons (Fsp3) is 0.0857. The highest BCUT2D eigenvalue weighted by Crippen LogP contribution is 2.30. The summed E-state index contributed by atoms with van der Waals surface area (Å²) in [7, 11) is 0. The van der Waals surface area contributed by atoms with Crippen LogP contribution in [-0.2, 0) is 9.59 Å². The number of anilines is 2. The van der Waals surface area contributed by atoms with E-state index >= 15 is 0 Å². The molecular weight excluding hydrogens is 659 g/mol. The molecule has 0 aliphatic carbocycles. The van der Waals surface area contributed by atoms with E-state index in [1.54, 1.807) is 73.7 Å². The molecule has 0 fully saturated rings. The molecule has 5 aromatic rings. The number of amides is 3. The number of aryl methyl sites for hydroxylation is 1. The van der Waals surface area contributed by atoms with Gasteiger partial charge in [0.15, 0.2) is 5.13 Å². The van der Waals surface area contributed by atoms with Crippen molar-refractivity contribution in [3.63, 3.8) is 0 Å². The van der Waals surface area contributed by atoms with Crippen LogP contribution in [0.15, 0.2) is 113 Å². The normalized spacial score (nSPS) is 11.9. The van der Waals surface area contributed by atoms with Crippen molar-refractivity contribution in [1.82, 2.24) is 10.3 Å². The van der Waals surface area contributed by atoms with E-state index in [0.29, 0.717) is 32.0 Å². The number of carbonyl (C=O) groups is 3. The molecule has 0 aliphatic heterocycles. The summed E-state index contributed by atoms with van der Waals surface area (Å²) in [5.74, 6) is -1.25. The molecule has 3 N–H and O–H groups in total. The van der Waals surface area contributed by atoms with Gasteiger partial charge in [0.2, 0.25) is 5.91 Å². The van der Waals surface area contributed by atoms with Crippen LogP contribution in [0.2, 0.25) is 10.0 Å². The van der Waals surface area contributed by atoms with Crippen molar-refractivity contribution >= 4 is 80.9 Å². The Morgan fingerprint density at radius 1 is 0.870 bits per heavy atom. The minimum absolute atomic E-state index is 0.0527. The summed E-state index contributed by atoms with van der Waals surface area (Å²) in [5.41, 5.74) is 4.13. The third kappa shape index (κ3) is 8.64. The van der Waals surface area contributed by atoms with E-state index in [1.165, 1.54) is 29.2 Å². The van der Waals surface area contributed by atoms with Crippen LogP contribution in [0, 0.1) is 6.92 Å². The van der Waals surface area contributed by atoms with E-state index in [9.17, 15) is 14.4 Å². The van der Waals surface area contributed by atoms with Gasteiger partial charge in [0.1, 0.15) is 5.70 Å². The van der Waals surface area contributed by atoms with Gasteiger partial charge in [-0.3, -0.25) is 14.4 Å². The van der Waals surface area contributed by atoms with Crippen LogP contribution in [0.1, 0.15) is 28.4 Å². The first kappa shape index (κ1) is 33.0. The van der Waals surface area contributed by atoms with Gasteiger partial charge in [0, 0.05) is 42.7 Å². The predicted octanol–water partition coefficient (Wildman–Crippen LogP) is 8.95. The average molecular weight is 688 g/mol.